The second-order valence-electron chi connectivity index (χ2n) is 7.26. The van der Waals surface area contributed by atoms with E-state index in [-0.39, 0.29) is 36.6 Å². The van der Waals surface area contributed by atoms with Crippen LogP contribution in [0.4, 0.5) is 0 Å². The van der Waals surface area contributed by atoms with Gasteiger partial charge in [0.2, 0.25) is 0 Å². The Balaban J connectivity index is 0.00000450. The maximum Gasteiger partial charge on any atom is 0.191 e. The van der Waals surface area contributed by atoms with E-state index in [2.05, 4.69) is 15.6 Å². The fraction of sp³-hybridized carbons (Fsp3) is 0.500. The molecule has 0 aliphatic rings. The molecule has 1 aromatic heterocycles. The van der Waals surface area contributed by atoms with Crippen molar-refractivity contribution in [2.75, 3.05) is 26.7 Å². The van der Waals surface area contributed by atoms with E-state index < -0.39 is 5.60 Å². The first-order valence-electron chi connectivity index (χ1n) is 9.88. The van der Waals surface area contributed by atoms with Gasteiger partial charge in [-0.1, -0.05) is 12.1 Å². The van der Waals surface area contributed by atoms with Crippen LogP contribution in [0.3, 0.4) is 0 Å². The third kappa shape index (κ3) is 7.39. The first kappa shape index (κ1) is 26.1. The summed E-state index contributed by atoms with van der Waals surface area (Å²) in [6, 6.07) is 9.41. The molecule has 0 aliphatic carbocycles. The molecule has 7 nitrogen and oxygen atoms in total. The number of ether oxygens (including phenoxy) is 2. The zero-order chi connectivity index (χ0) is 21.4. The number of hydrogen-bond acceptors (Lipinski definition) is 5. The number of nitrogens with one attached hydrogen (secondary N) is 2. The fourth-order valence-electron chi connectivity index (χ4n) is 3.04. The number of furan rings is 1. The van der Waals surface area contributed by atoms with Gasteiger partial charge in [0.1, 0.15) is 23.2 Å². The molecule has 2 unspecified atom stereocenters. The summed E-state index contributed by atoms with van der Waals surface area (Å²) in [6.45, 7) is 10.9. The number of para-hydroxylation sites is 2. The number of aliphatic hydroxyl groups is 1. The van der Waals surface area contributed by atoms with Crippen molar-refractivity contribution < 1.29 is 19.0 Å². The summed E-state index contributed by atoms with van der Waals surface area (Å²) in [5, 5.41) is 17.3. The van der Waals surface area contributed by atoms with Crippen LogP contribution in [0.2, 0.25) is 0 Å². The number of halogens is 1. The summed E-state index contributed by atoms with van der Waals surface area (Å²) in [6.07, 6.45) is -0.116. The predicted octanol–water partition coefficient (Wildman–Crippen LogP) is 3.75. The number of nitrogens with zero attached hydrogens (tertiary/aromatic N) is 1. The predicted molar refractivity (Wildman–Crippen MR) is 130 cm³/mol. The lowest BCUT2D eigenvalue weighted by Crippen LogP contribution is -2.42. The standard InChI is InChI=1S/C22H33N3O4.HI/c1-7-23-21(25-14-22(5,26)18-12-15(2)28-17(18)4)24-13-16(3)29-20-11-9-8-10-19(20)27-6;/h8-12,16,26H,7,13-14H2,1-6H3,(H2,23,24,25);1H. The van der Waals surface area contributed by atoms with Crippen molar-refractivity contribution in [1.29, 1.82) is 0 Å². The van der Waals surface area contributed by atoms with Crippen LogP contribution in [0.1, 0.15) is 37.9 Å². The molecule has 2 rings (SSSR count). The minimum atomic E-state index is -1.12. The summed E-state index contributed by atoms with van der Waals surface area (Å²) in [4.78, 5) is 4.55. The molecular formula is C22H34IN3O4. The number of hydrogen-bond donors (Lipinski definition) is 3. The van der Waals surface area contributed by atoms with Gasteiger partial charge in [-0.3, -0.25) is 0 Å². The van der Waals surface area contributed by atoms with Gasteiger partial charge in [-0.15, -0.1) is 24.0 Å². The summed E-state index contributed by atoms with van der Waals surface area (Å²) < 4.78 is 16.8. The molecule has 0 radical (unpaired) electrons. The maximum absolute atomic E-state index is 10.9. The number of aryl methyl sites for hydroxylation is 2. The molecule has 30 heavy (non-hydrogen) atoms. The van der Waals surface area contributed by atoms with Gasteiger partial charge in [-0.2, -0.15) is 0 Å². The molecule has 0 spiro atoms. The van der Waals surface area contributed by atoms with Crippen molar-refractivity contribution in [2.24, 2.45) is 4.99 Å². The zero-order valence-electron chi connectivity index (χ0n) is 18.6. The summed E-state index contributed by atoms with van der Waals surface area (Å²) >= 11 is 0. The van der Waals surface area contributed by atoms with Crippen molar-refractivity contribution >= 4 is 29.9 Å². The van der Waals surface area contributed by atoms with Gasteiger partial charge in [0, 0.05) is 12.1 Å². The van der Waals surface area contributed by atoms with Gasteiger partial charge in [0.05, 0.1) is 20.2 Å². The summed E-state index contributed by atoms with van der Waals surface area (Å²) in [7, 11) is 1.62. The largest absolute Gasteiger partial charge is 0.493 e. The van der Waals surface area contributed by atoms with Gasteiger partial charge in [-0.05, 0) is 52.8 Å². The molecule has 2 aromatic rings. The summed E-state index contributed by atoms with van der Waals surface area (Å²) in [5.74, 6) is 3.48. The van der Waals surface area contributed by atoms with Crippen LogP contribution in [-0.2, 0) is 5.60 Å². The molecule has 0 saturated heterocycles. The minimum absolute atomic E-state index is 0. The van der Waals surface area contributed by atoms with E-state index in [0.29, 0.717) is 36.3 Å². The average Bonchev–Trinajstić information content (AvgIpc) is 3.03. The van der Waals surface area contributed by atoms with Crippen LogP contribution in [0, 0.1) is 13.8 Å². The Morgan fingerprint density at radius 3 is 2.47 bits per heavy atom. The smallest absolute Gasteiger partial charge is 0.191 e. The Labute approximate surface area is 196 Å². The quantitative estimate of drug-likeness (QED) is 0.260. The van der Waals surface area contributed by atoms with Gasteiger partial charge < -0.3 is 29.6 Å². The van der Waals surface area contributed by atoms with E-state index in [9.17, 15) is 5.11 Å². The first-order valence-corrected chi connectivity index (χ1v) is 9.88. The topological polar surface area (TPSA) is 88.3 Å². The Hall–Kier alpha value is -1.94. The maximum atomic E-state index is 10.9. The van der Waals surface area contributed by atoms with Crippen LogP contribution >= 0.6 is 24.0 Å². The Kier molecular flexibility index (Phi) is 10.5. The van der Waals surface area contributed by atoms with E-state index in [1.165, 1.54) is 0 Å². The molecule has 1 aromatic carbocycles. The van der Waals surface area contributed by atoms with E-state index in [1.807, 2.05) is 58.0 Å². The van der Waals surface area contributed by atoms with Crippen molar-refractivity contribution in [3.63, 3.8) is 0 Å². The fourth-order valence-corrected chi connectivity index (χ4v) is 3.04. The number of guanidine groups is 1. The molecule has 0 fully saturated rings. The second-order valence-corrected chi connectivity index (χ2v) is 7.26. The Bertz CT molecular complexity index is 820. The number of benzene rings is 1. The van der Waals surface area contributed by atoms with Crippen LogP contribution in [0.5, 0.6) is 11.5 Å². The second kappa shape index (κ2) is 12.0. The van der Waals surface area contributed by atoms with E-state index in [1.54, 1.807) is 14.0 Å². The van der Waals surface area contributed by atoms with Crippen molar-refractivity contribution in [3.8, 4) is 11.5 Å². The number of rotatable bonds is 9. The highest BCUT2D eigenvalue weighted by molar-refractivity contribution is 14.0. The summed E-state index contributed by atoms with van der Waals surface area (Å²) in [5.41, 5.74) is -0.369. The molecule has 0 aliphatic heterocycles. The molecule has 168 valence electrons. The molecule has 1 heterocycles. The van der Waals surface area contributed by atoms with Crippen LogP contribution in [0.25, 0.3) is 0 Å². The number of methoxy groups -OCH3 is 1. The van der Waals surface area contributed by atoms with Crippen molar-refractivity contribution in [3.05, 3.63) is 47.4 Å². The van der Waals surface area contributed by atoms with Crippen molar-refractivity contribution in [1.82, 2.24) is 10.6 Å². The SMILES string of the molecule is CCNC(=NCC(C)(O)c1cc(C)oc1C)NCC(C)Oc1ccccc1OC.I. The minimum Gasteiger partial charge on any atom is -0.493 e. The highest BCUT2D eigenvalue weighted by Gasteiger charge is 2.27. The molecule has 0 saturated carbocycles. The molecule has 0 amide bonds. The highest BCUT2D eigenvalue weighted by Crippen LogP contribution is 2.28. The lowest BCUT2D eigenvalue weighted by atomic mass is 9.96. The molecule has 0 bridgehead atoms. The molecule has 2 atom stereocenters. The van der Waals surface area contributed by atoms with E-state index in [0.717, 1.165) is 11.3 Å². The van der Waals surface area contributed by atoms with Crippen LogP contribution in [0.15, 0.2) is 39.7 Å². The highest BCUT2D eigenvalue weighted by atomic mass is 127. The average molecular weight is 531 g/mol. The van der Waals surface area contributed by atoms with Crippen LogP contribution in [-0.4, -0.2) is 43.9 Å². The third-order valence-electron chi connectivity index (χ3n) is 4.46. The van der Waals surface area contributed by atoms with Gasteiger partial charge in [-0.25, -0.2) is 4.99 Å². The molecular weight excluding hydrogens is 497 g/mol. The van der Waals surface area contributed by atoms with Gasteiger partial charge in [0.15, 0.2) is 17.5 Å². The lowest BCUT2D eigenvalue weighted by Gasteiger charge is -2.22. The third-order valence-corrected chi connectivity index (χ3v) is 4.46. The monoisotopic (exact) mass is 531 g/mol. The molecule has 8 heteroatoms. The van der Waals surface area contributed by atoms with Gasteiger partial charge >= 0.3 is 0 Å². The first-order chi connectivity index (χ1) is 13.8. The van der Waals surface area contributed by atoms with E-state index >= 15 is 0 Å². The number of aliphatic imine (C=N–C) groups is 1. The van der Waals surface area contributed by atoms with Crippen molar-refractivity contribution in [2.45, 2.75) is 46.3 Å². The van der Waals surface area contributed by atoms with Crippen LogP contribution < -0.4 is 20.1 Å². The van der Waals surface area contributed by atoms with E-state index in [4.69, 9.17) is 13.9 Å². The zero-order valence-corrected chi connectivity index (χ0v) is 20.9. The molecule has 3 N–H and O–H groups in total. The lowest BCUT2D eigenvalue weighted by molar-refractivity contribution is 0.0657. The normalized spacial score (nSPS) is 14.3. The Morgan fingerprint density at radius 1 is 1.23 bits per heavy atom. The van der Waals surface area contributed by atoms with Gasteiger partial charge in [0.25, 0.3) is 0 Å². The Morgan fingerprint density at radius 2 is 1.90 bits per heavy atom.